The van der Waals surface area contributed by atoms with Crippen LogP contribution < -0.4 is 16.4 Å². The van der Waals surface area contributed by atoms with Gasteiger partial charge in [-0.2, -0.15) is 9.30 Å². The molecule has 224 valence electrons. The number of carbonyl (C=O) groups excluding carboxylic acids is 3. The maximum absolute atomic E-state index is 13.8. The molecule has 16 heteroatoms. The van der Waals surface area contributed by atoms with Gasteiger partial charge in [0.15, 0.2) is 5.01 Å². The normalized spacial score (nSPS) is 19.9. The van der Waals surface area contributed by atoms with Gasteiger partial charge in [-0.15, -0.1) is 22.7 Å². The second-order valence-corrected chi connectivity index (χ2v) is 14.4. The van der Waals surface area contributed by atoms with Crippen LogP contribution in [0.25, 0.3) is 10.1 Å². The van der Waals surface area contributed by atoms with E-state index in [-0.39, 0.29) is 54.0 Å². The minimum absolute atomic E-state index is 0.0383. The fraction of sp³-hybridized carbons (Fsp3) is 0.423. The number of hydrogen-bond donors (Lipinski definition) is 3. The Morgan fingerprint density at radius 2 is 2.02 bits per heavy atom. The van der Waals surface area contributed by atoms with E-state index < -0.39 is 22.2 Å². The number of nitrogens with zero attached hydrogens (tertiary/aromatic N) is 4. The molecule has 2 aromatic heterocycles. The number of aromatic nitrogens is 1. The first kappa shape index (κ1) is 30.0. The molecule has 5 rings (SSSR count). The van der Waals surface area contributed by atoms with Crippen LogP contribution in [0.15, 0.2) is 33.5 Å². The third-order valence-corrected chi connectivity index (χ3v) is 11.8. The summed E-state index contributed by atoms with van der Waals surface area (Å²) in [4.78, 5) is 48.3. The number of amidine groups is 1. The zero-order chi connectivity index (χ0) is 30.2. The van der Waals surface area contributed by atoms with Gasteiger partial charge in [-0.05, 0) is 36.6 Å². The summed E-state index contributed by atoms with van der Waals surface area (Å²) in [6.45, 7) is 2.86. The molecule has 1 aromatic carbocycles. The lowest BCUT2D eigenvalue weighted by Crippen LogP contribution is -2.57. The van der Waals surface area contributed by atoms with Crippen molar-refractivity contribution in [2.45, 2.75) is 42.6 Å². The van der Waals surface area contributed by atoms with Gasteiger partial charge in [0.1, 0.15) is 10.0 Å². The van der Waals surface area contributed by atoms with E-state index in [0.717, 1.165) is 28.3 Å². The quantitative estimate of drug-likeness (QED) is 0.268. The minimum atomic E-state index is -3.95. The number of benzene rings is 1. The second-order valence-electron chi connectivity index (χ2n) is 10.1. The molecule has 4 heterocycles. The number of ether oxygens (including phenoxy) is 1. The number of nitrogens with one attached hydrogen (secondary N) is 2. The summed E-state index contributed by atoms with van der Waals surface area (Å²) in [5.41, 5.74) is 7.26. The van der Waals surface area contributed by atoms with Gasteiger partial charge in [0.2, 0.25) is 5.91 Å². The summed E-state index contributed by atoms with van der Waals surface area (Å²) in [5.74, 6) is -0.647. The van der Waals surface area contributed by atoms with Crippen molar-refractivity contribution in [3.63, 3.8) is 0 Å². The molecule has 4 N–H and O–H groups in total. The van der Waals surface area contributed by atoms with E-state index in [1.54, 1.807) is 29.2 Å². The highest BCUT2D eigenvalue weighted by molar-refractivity contribution is 7.91. The first-order valence-electron chi connectivity index (χ1n) is 13.2. The van der Waals surface area contributed by atoms with Crippen LogP contribution in [0.5, 0.6) is 0 Å². The van der Waals surface area contributed by atoms with Crippen LogP contribution in [0.4, 0.5) is 4.79 Å². The van der Waals surface area contributed by atoms with Crippen molar-refractivity contribution in [1.29, 1.82) is 0 Å². The Hall–Kier alpha value is -3.44. The highest BCUT2D eigenvalue weighted by atomic mass is 32.2. The Balaban J connectivity index is 1.39. The summed E-state index contributed by atoms with van der Waals surface area (Å²) in [7, 11) is -1.26. The zero-order valence-electron chi connectivity index (χ0n) is 23.2. The number of hydrogen-bond acceptors (Lipinski definition) is 10. The average molecular weight is 634 g/mol. The van der Waals surface area contributed by atoms with Crippen molar-refractivity contribution in [2.24, 2.45) is 10.7 Å². The molecule has 42 heavy (non-hydrogen) atoms. The molecule has 0 radical (unpaired) electrons. The largest absolute Gasteiger partial charge is 0.451 e. The van der Waals surface area contributed by atoms with Crippen molar-refractivity contribution in [2.75, 3.05) is 33.8 Å². The highest BCUT2D eigenvalue weighted by Crippen LogP contribution is 2.33. The van der Waals surface area contributed by atoms with Crippen LogP contribution in [0, 0.1) is 0 Å². The topological polar surface area (TPSA) is 176 Å². The van der Waals surface area contributed by atoms with Gasteiger partial charge in [-0.25, -0.2) is 18.2 Å². The van der Waals surface area contributed by atoms with Crippen LogP contribution in [-0.4, -0.2) is 92.2 Å². The zero-order valence-corrected chi connectivity index (χ0v) is 25.7. The van der Waals surface area contributed by atoms with Crippen molar-refractivity contribution < 1.29 is 27.5 Å². The first-order valence-corrected chi connectivity index (χ1v) is 16.3. The average Bonchev–Trinajstić information content (AvgIpc) is 3.60. The van der Waals surface area contributed by atoms with E-state index in [4.69, 9.17) is 5.73 Å². The van der Waals surface area contributed by atoms with Gasteiger partial charge in [0, 0.05) is 67.3 Å². The molecule has 13 nitrogen and oxygen atoms in total. The van der Waals surface area contributed by atoms with Crippen LogP contribution in [0.2, 0.25) is 0 Å². The van der Waals surface area contributed by atoms with E-state index in [9.17, 15) is 22.8 Å². The lowest BCUT2D eigenvalue weighted by atomic mass is 10.1. The number of methoxy groups -OCH3 is 1. The fourth-order valence-electron chi connectivity index (χ4n) is 4.97. The molecular formula is C26H31N7O6S3. The van der Waals surface area contributed by atoms with E-state index in [1.165, 1.54) is 29.8 Å². The lowest BCUT2D eigenvalue weighted by molar-refractivity contribution is -0.121. The van der Waals surface area contributed by atoms with Gasteiger partial charge >= 0.3 is 6.09 Å². The number of nitrogens with two attached hydrogens (primary N) is 1. The third kappa shape index (κ3) is 6.03. The molecule has 2 unspecified atom stereocenters. The SMILES string of the molecule is CNC(=O)CC1CN(S(=O)(=O)c2cc3cc(/C(N)=N\C(=O)OC)ccc3s2)CCN1C(=O)c1nc2c(s1)CNC(C)C2. The van der Waals surface area contributed by atoms with Crippen LogP contribution in [0.3, 0.4) is 0 Å². The van der Waals surface area contributed by atoms with E-state index >= 15 is 0 Å². The Morgan fingerprint density at radius 3 is 2.76 bits per heavy atom. The Kier molecular flexibility index (Phi) is 8.61. The maximum atomic E-state index is 13.8. The number of sulfonamides is 1. The molecule has 2 aliphatic heterocycles. The van der Waals surface area contributed by atoms with Gasteiger partial charge in [-0.3, -0.25) is 9.59 Å². The van der Waals surface area contributed by atoms with Crippen LogP contribution in [0.1, 0.15) is 39.3 Å². The molecular weight excluding hydrogens is 603 g/mol. The predicted molar refractivity (Wildman–Crippen MR) is 159 cm³/mol. The predicted octanol–water partition coefficient (Wildman–Crippen LogP) is 1.52. The van der Waals surface area contributed by atoms with Gasteiger partial charge < -0.3 is 26.0 Å². The van der Waals surface area contributed by atoms with Gasteiger partial charge in [-0.1, -0.05) is 0 Å². The molecule has 0 spiro atoms. The van der Waals surface area contributed by atoms with Gasteiger partial charge in [0.05, 0.1) is 18.8 Å². The number of aliphatic imine (C=N–C) groups is 1. The highest BCUT2D eigenvalue weighted by Gasteiger charge is 2.39. The van der Waals surface area contributed by atoms with Crippen molar-refractivity contribution in [3.8, 4) is 0 Å². The number of amides is 3. The van der Waals surface area contributed by atoms with Gasteiger partial charge in [0.25, 0.3) is 15.9 Å². The van der Waals surface area contributed by atoms with Crippen LogP contribution >= 0.6 is 22.7 Å². The molecule has 1 fully saturated rings. The molecule has 0 saturated carbocycles. The molecule has 3 amide bonds. The number of fused-ring (bicyclic) bond motifs is 2. The summed E-state index contributed by atoms with van der Waals surface area (Å²) >= 11 is 2.44. The van der Waals surface area contributed by atoms with Crippen LogP contribution in [-0.2, 0) is 32.5 Å². The Bertz CT molecular complexity index is 1680. The number of piperazine rings is 1. The van der Waals surface area contributed by atoms with E-state index in [2.05, 4.69) is 32.3 Å². The summed E-state index contributed by atoms with van der Waals surface area (Å²) in [6.07, 6.45) is -0.160. The standard InChI is InChI=1S/C26H31N7O6S3/c1-14-8-18-20(12-29-14)41-24(30-18)25(35)33-7-6-32(13-17(33)11-21(34)28-2)42(37,38)22-10-16-9-15(4-5-19(16)40-22)23(27)31-26(36)39-3/h4-5,9-10,14,17,29H,6-8,11-13H2,1-3H3,(H,28,34)(H2,27,31,36). The van der Waals surface area contributed by atoms with E-state index in [1.807, 2.05) is 0 Å². The Morgan fingerprint density at radius 1 is 1.24 bits per heavy atom. The van der Waals surface area contributed by atoms with Crippen molar-refractivity contribution >= 4 is 66.5 Å². The number of rotatable bonds is 6. The molecule has 2 atom stereocenters. The number of carbonyl (C=O) groups is 3. The number of thiophene rings is 1. The lowest BCUT2D eigenvalue weighted by Gasteiger charge is -2.40. The maximum Gasteiger partial charge on any atom is 0.435 e. The fourth-order valence-corrected chi connectivity index (χ4v) is 8.97. The first-order chi connectivity index (χ1) is 20.0. The monoisotopic (exact) mass is 633 g/mol. The van der Waals surface area contributed by atoms with Crippen molar-refractivity contribution in [1.82, 2.24) is 24.8 Å². The van der Waals surface area contributed by atoms with Crippen molar-refractivity contribution in [3.05, 3.63) is 45.4 Å². The third-order valence-electron chi connectivity index (χ3n) is 7.25. The second kappa shape index (κ2) is 12.0. The Labute approximate surface area is 250 Å². The molecule has 0 aliphatic carbocycles. The smallest absolute Gasteiger partial charge is 0.435 e. The summed E-state index contributed by atoms with van der Waals surface area (Å²) < 4.78 is 34.2. The molecule has 2 aliphatic rings. The van der Waals surface area contributed by atoms with E-state index in [0.29, 0.717) is 27.2 Å². The molecule has 3 aromatic rings. The molecule has 0 bridgehead atoms. The summed E-state index contributed by atoms with van der Waals surface area (Å²) in [6, 6.07) is 6.15. The molecule has 1 saturated heterocycles. The number of thiazole rings is 1. The summed E-state index contributed by atoms with van der Waals surface area (Å²) in [5, 5.41) is 6.91. The minimum Gasteiger partial charge on any atom is -0.451 e.